The van der Waals surface area contributed by atoms with Crippen LogP contribution in [0.5, 0.6) is 0 Å². The fourth-order valence-corrected chi connectivity index (χ4v) is 5.78. The number of piperazine rings is 1. The second kappa shape index (κ2) is 10.3. The number of fused-ring (bicyclic) bond motifs is 3. The maximum atomic E-state index is 16.2. The van der Waals surface area contributed by atoms with Gasteiger partial charge in [0, 0.05) is 37.3 Å². The number of benzene rings is 2. The number of terminal acetylenes is 1. The molecule has 1 amide bonds. The van der Waals surface area contributed by atoms with Gasteiger partial charge in [-0.05, 0) is 51.8 Å². The topological polar surface area (TPSA) is 69.9 Å². The van der Waals surface area contributed by atoms with Gasteiger partial charge in [0.25, 0.3) is 0 Å². The summed E-state index contributed by atoms with van der Waals surface area (Å²) < 4.78 is 36.4. The summed E-state index contributed by atoms with van der Waals surface area (Å²) >= 11 is 0. The standard InChI is InChI=1S/C31H31F2N5O2/c1-7-21-24(32)14-11-18-9-8-10-22(25(18)21)28-26(33)27(34-5)23(15-36-28)29(35-6)37-16-19-12-13-20(17-37)38(19)30(39)40-31(2,3)4/h1,8-11,14-15,19-20H,6,12-13,16-17H2,2-5H3/b29-23+,34-27?. The first kappa shape index (κ1) is 27.3. The molecule has 2 bridgehead atoms. The summed E-state index contributed by atoms with van der Waals surface area (Å²) in [6.45, 7) is 10.3. The van der Waals surface area contributed by atoms with Crippen molar-refractivity contribution in [3.05, 3.63) is 64.5 Å². The minimum absolute atomic E-state index is 0.00952. The molecule has 2 unspecified atom stereocenters. The van der Waals surface area contributed by atoms with Crippen LogP contribution in [0.3, 0.4) is 0 Å². The smallest absolute Gasteiger partial charge is 0.410 e. The van der Waals surface area contributed by atoms with E-state index in [-0.39, 0.29) is 35.1 Å². The van der Waals surface area contributed by atoms with Crippen molar-refractivity contribution in [3.63, 3.8) is 0 Å². The third kappa shape index (κ3) is 4.68. The van der Waals surface area contributed by atoms with E-state index in [4.69, 9.17) is 11.2 Å². The molecular weight excluding hydrogens is 512 g/mol. The summed E-state index contributed by atoms with van der Waals surface area (Å²) in [6, 6.07) is 7.95. The maximum Gasteiger partial charge on any atom is 0.410 e. The highest BCUT2D eigenvalue weighted by Gasteiger charge is 2.45. The number of likely N-dealkylation sites (tertiary alicyclic amines) is 1. The van der Waals surface area contributed by atoms with Crippen LogP contribution in [0.4, 0.5) is 13.6 Å². The lowest BCUT2D eigenvalue weighted by molar-refractivity contribution is -0.000491. The monoisotopic (exact) mass is 543 g/mol. The molecule has 0 radical (unpaired) electrons. The van der Waals surface area contributed by atoms with Crippen molar-refractivity contribution < 1.29 is 18.3 Å². The molecule has 3 heterocycles. The zero-order chi connectivity index (χ0) is 28.8. The number of ether oxygens (including phenoxy) is 1. The lowest BCUT2D eigenvalue weighted by Crippen LogP contribution is -2.56. The Bertz CT molecular complexity index is 1560. The van der Waals surface area contributed by atoms with Gasteiger partial charge in [-0.25, -0.2) is 18.6 Å². The molecule has 0 N–H and O–H groups in total. The van der Waals surface area contributed by atoms with Gasteiger partial charge in [0.1, 0.15) is 28.6 Å². The molecule has 0 aliphatic carbocycles. The van der Waals surface area contributed by atoms with Gasteiger partial charge in [0.15, 0.2) is 5.83 Å². The quantitative estimate of drug-likeness (QED) is 0.366. The van der Waals surface area contributed by atoms with E-state index in [1.807, 2.05) is 30.6 Å². The number of halogens is 2. The summed E-state index contributed by atoms with van der Waals surface area (Å²) in [5.74, 6) is 1.60. The molecule has 3 aliphatic heterocycles. The Morgan fingerprint density at radius 3 is 2.48 bits per heavy atom. The first-order valence-corrected chi connectivity index (χ1v) is 13.1. The average Bonchev–Trinajstić information content (AvgIpc) is 3.18. The number of allylic oxidation sites excluding steroid dienone is 2. The van der Waals surface area contributed by atoms with Crippen molar-refractivity contribution in [1.82, 2.24) is 9.80 Å². The normalized spacial score (nSPS) is 23.1. The van der Waals surface area contributed by atoms with Crippen LogP contribution in [0.25, 0.3) is 16.5 Å². The summed E-state index contributed by atoms with van der Waals surface area (Å²) in [7, 11) is 1.49. The summed E-state index contributed by atoms with van der Waals surface area (Å²) in [5, 5.41) is 1.08. The zero-order valence-electron chi connectivity index (χ0n) is 23.0. The third-order valence-electron chi connectivity index (χ3n) is 7.39. The highest BCUT2D eigenvalue weighted by atomic mass is 19.1. The van der Waals surface area contributed by atoms with Gasteiger partial charge >= 0.3 is 6.09 Å². The van der Waals surface area contributed by atoms with Crippen molar-refractivity contribution in [2.75, 3.05) is 20.1 Å². The number of carbonyl (C=O) groups is 1. The van der Waals surface area contributed by atoms with Gasteiger partial charge in [0.05, 0.1) is 23.2 Å². The Labute approximate surface area is 232 Å². The van der Waals surface area contributed by atoms with E-state index in [2.05, 4.69) is 27.6 Å². The largest absolute Gasteiger partial charge is 0.444 e. The molecule has 206 valence electrons. The van der Waals surface area contributed by atoms with Crippen LogP contribution in [0, 0.1) is 18.2 Å². The molecule has 0 saturated carbocycles. The van der Waals surface area contributed by atoms with Crippen LogP contribution in [-0.4, -0.2) is 72.4 Å². The molecule has 40 heavy (non-hydrogen) atoms. The molecule has 5 rings (SSSR count). The number of hydrogen-bond donors (Lipinski definition) is 0. The van der Waals surface area contributed by atoms with E-state index in [1.54, 1.807) is 24.3 Å². The lowest BCUT2D eigenvalue weighted by Gasteiger charge is -2.42. The van der Waals surface area contributed by atoms with Crippen LogP contribution < -0.4 is 0 Å². The predicted octanol–water partition coefficient (Wildman–Crippen LogP) is 5.75. The highest BCUT2D eigenvalue weighted by molar-refractivity contribution is 6.29. The molecule has 2 aromatic rings. The third-order valence-corrected chi connectivity index (χ3v) is 7.39. The Balaban J connectivity index is 1.51. The van der Waals surface area contributed by atoms with E-state index in [0.29, 0.717) is 40.8 Å². The van der Waals surface area contributed by atoms with Gasteiger partial charge < -0.3 is 9.64 Å². The van der Waals surface area contributed by atoms with Gasteiger partial charge in [-0.1, -0.05) is 30.2 Å². The Hall–Kier alpha value is -4.32. The zero-order valence-corrected chi connectivity index (χ0v) is 23.0. The molecule has 9 heteroatoms. The fraction of sp³-hybridized carbons (Fsp3) is 0.355. The van der Waals surface area contributed by atoms with Crippen LogP contribution >= 0.6 is 0 Å². The predicted molar refractivity (Wildman–Crippen MR) is 155 cm³/mol. The summed E-state index contributed by atoms with van der Waals surface area (Å²) in [6.07, 6.45) is 8.47. The SMILES string of the molecule is C#Cc1c(F)ccc2cccc(C3=C(F)C(=NC)/C(=C(\N=C)N4CC5CCC(C4)N5C(=O)OC(C)(C)C)C=N3)c12. The molecule has 0 spiro atoms. The maximum absolute atomic E-state index is 16.2. The van der Waals surface area contributed by atoms with Gasteiger partial charge in [0.2, 0.25) is 0 Å². The van der Waals surface area contributed by atoms with Crippen molar-refractivity contribution >= 4 is 41.2 Å². The lowest BCUT2D eigenvalue weighted by atomic mass is 9.94. The second-order valence-corrected chi connectivity index (χ2v) is 11.0. The minimum atomic E-state index is -0.670. The average molecular weight is 544 g/mol. The minimum Gasteiger partial charge on any atom is -0.444 e. The van der Waals surface area contributed by atoms with Crippen molar-refractivity contribution in [2.45, 2.75) is 51.3 Å². The van der Waals surface area contributed by atoms with E-state index in [0.717, 1.165) is 12.8 Å². The molecule has 2 fully saturated rings. The number of amides is 1. The molecule has 7 nitrogen and oxygen atoms in total. The summed E-state index contributed by atoms with van der Waals surface area (Å²) in [4.78, 5) is 29.7. The van der Waals surface area contributed by atoms with Gasteiger partial charge in [-0.3, -0.25) is 14.9 Å². The van der Waals surface area contributed by atoms with Gasteiger partial charge in [-0.2, -0.15) is 0 Å². The Kier molecular flexibility index (Phi) is 7.05. The number of nitrogens with zero attached hydrogens (tertiary/aromatic N) is 5. The molecule has 2 atom stereocenters. The number of carbonyl (C=O) groups excluding carboxylic acids is 1. The first-order valence-electron chi connectivity index (χ1n) is 13.1. The fourth-order valence-electron chi connectivity index (χ4n) is 5.78. The van der Waals surface area contributed by atoms with E-state index < -0.39 is 17.2 Å². The van der Waals surface area contributed by atoms with E-state index >= 15 is 4.39 Å². The van der Waals surface area contributed by atoms with Crippen molar-refractivity contribution in [1.29, 1.82) is 0 Å². The Morgan fingerprint density at radius 2 is 1.88 bits per heavy atom. The van der Waals surface area contributed by atoms with Crippen LogP contribution in [0.15, 0.2) is 62.5 Å². The first-order chi connectivity index (χ1) is 19.1. The number of aliphatic imine (C=N–C) groups is 3. The molecule has 3 aliphatic rings. The number of rotatable bonds is 3. The number of hydrogen-bond acceptors (Lipinski definition) is 6. The molecule has 2 aromatic carbocycles. The van der Waals surface area contributed by atoms with E-state index in [1.165, 1.54) is 19.3 Å². The van der Waals surface area contributed by atoms with Crippen LogP contribution in [0.1, 0.15) is 44.7 Å². The van der Waals surface area contributed by atoms with E-state index in [9.17, 15) is 9.18 Å². The van der Waals surface area contributed by atoms with Crippen molar-refractivity contribution in [2.24, 2.45) is 15.0 Å². The second-order valence-electron chi connectivity index (χ2n) is 11.0. The van der Waals surface area contributed by atoms with Gasteiger partial charge in [-0.15, -0.1) is 6.42 Å². The molecule has 0 aromatic heterocycles. The van der Waals surface area contributed by atoms with Crippen LogP contribution in [0.2, 0.25) is 0 Å². The Morgan fingerprint density at radius 1 is 1.18 bits per heavy atom. The summed E-state index contributed by atoms with van der Waals surface area (Å²) in [5.41, 5.74) is 0.280. The molecular formula is C31H31F2N5O2. The highest BCUT2D eigenvalue weighted by Crippen LogP contribution is 2.38. The molecule has 2 saturated heterocycles. The van der Waals surface area contributed by atoms with Crippen molar-refractivity contribution in [3.8, 4) is 12.3 Å². The van der Waals surface area contributed by atoms with Crippen LogP contribution in [-0.2, 0) is 4.74 Å².